The number of amides is 1. The number of likely N-dealkylation sites (N-methyl/N-ethyl adjacent to an activating group) is 1. The van der Waals surface area contributed by atoms with Gasteiger partial charge in [0.15, 0.2) is 17.3 Å². The highest BCUT2D eigenvalue weighted by atomic mass is 79.9. The van der Waals surface area contributed by atoms with E-state index >= 15 is 0 Å². The summed E-state index contributed by atoms with van der Waals surface area (Å²) in [5.74, 6) is 0.297. The molecule has 0 saturated carbocycles. The standard InChI is InChI=1S/C14H16BrClN6O2/c1-21-2-4-22(5-3-21)14-13(18-10(24)7-23)17-9-6-8(15)11(16)19-12(9)20-14/h6,23H,2-5,7H2,1H3,(H,17,18,24). The van der Waals surface area contributed by atoms with Gasteiger partial charge in [0.2, 0.25) is 0 Å². The fourth-order valence-corrected chi connectivity index (χ4v) is 2.87. The van der Waals surface area contributed by atoms with Crippen LogP contribution in [-0.4, -0.2) is 70.7 Å². The number of aliphatic hydroxyl groups excluding tert-OH is 1. The predicted molar refractivity (Wildman–Crippen MR) is 95.5 cm³/mol. The van der Waals surface area contributed by atoms with Crippen LogP contribution >= 0.6 is 27.5 Å². The number of anilines is 2. The van der Waals surface area contributed by atoms with Crippen molar-refractivity contribution in [3.8, 4) is 0 Å². The second kappa shape index (κ2) is 7.14. The zero-order chi connectivity index (χ0) is 17.3. The molecule has 0 atom stereocenters. The zero-order valence-electron chi connectivity index (χ0n) is 13.0. The number of aliphatic hydroxyl groups is 1. The first-order valence-corrected chi connectivity index (χ1v) is 8.53. The van der Waals surface area contributed by atoms with Crippen LogP contribution in [-0.2, 0) is 4.79 Å². The Labute approximate surface area is 152 Å². The van der Waals surface area contributed by atoms with Crippen molar-refractivity contribution in [1.29, 1.82) is 0 Å². The lowest BCUT2D eigenvalue weighted by Gasteiger charge is -2.33. The summed E-state index contributed by atoms with van der Waals surface area (Å²) in [7, 11) is 2.05. The quantitative estimate of drug-likeness (QED) is 0.726. The van der Waals surface area contributed by atoms with E-state index in [0.29, 0.717) is 32.4 Å². The third kappa shape index (κ3) is 3.59. The summed E-state index contributed by atoms with van der Waals surface area (Å²) in [5.41, 5.74) is 0.900. The number of fused-ring (bicyclic) bond motifs is 1. The monoisotopic (exact) mass is 414 g/mol. The molecule has 0 aromatic carbocycles. The van der Waals surface area contributed by atoms with Crippen molar-refractivity contribution < 1.29 is 9.90 Å². The number of pyridine rings is 1. The van der Waals surface area contributed by atoms with Crippen molar-refractivity contribution in [1.82, 2.24) is 19.9 Å². The molecule has 24 heavy (non-hydrogen) atoms. The maximum absolute atomic E-state index is 11.6. The second-order valence-corrected chi connectivity index (χ2v) is 6.71. The van der Waals surface area contributed by atoms with Gasteiger partial charge in [-0.15, -0.1) is 0 Å². The number of carbonyl (C=O) groups excluding carboxylic acids is 1. The first-order valence-electron chi connectivity index (χ1n) is 7.36. The maximum Gasteiger partial charge on any atom is 0.251 e. The Bertz CT molecular complexity index is 781. The Hall–Kier alpha value is -1.55. The van der Waals surface area contributed by atoms with Crippen molar-refractivity contribution in [3.05, 3.63) is 15.7 Å². The second-order valence-electron chi connectivity index (χ2n) is 5.50. The minimum atomic E-state index is -0.621. The van der Waals surface area contributed by atoms with Crippen LogP contribution < -0.4 is 10.2 Å². The van der Waals surface area contributed by atoms with Crippen LogP contribution in [0.15, 0.2) is 10.5 Å². The Kier molecular flexibility index (Phi) is 5.14. The number of nitrogens with zero attached hydrogens (tertiary/aromatic N) is 5. The first-order chi connectivity index (χ1) is 11.5. The molecular formula is C14H16BrClN6O2. The molecule has 1 saturated heterocycles. The summed E-state index contributed by atoms with van der Waals surface area (Å²) in [6.07, 6.45) is 0. The number of rotatable bonds is 3. The van der Waals surface area contributed by atoms with Crippen LogP contribution in [0.2, 0.25) is 5.15 Å². The summed E-state index contributed by atoms with van der Waals surface area (Å²) in [4.78, 5) is 29.1. The Morgan fingerprint density at radius 2 is 2.04 bits per heavy atom. The molecule has 2 aromatic rings. The molecule has 0 aliphatic carbocycles. The predicted octanol–water partition coefficient (Wildman–Crippen LogP) is 1.12. The van der Waals surface area contributed by atoms with E-state index in [4.69, 9.17) is 16.7 Å². The van der Waals surface area contributed by atoms with E-state index in [1.165, 1.54) is 0 Å². The van der Waals surface area contributed by atoms with Gasteiger partial charge in [-0.05, 0) is 29.0 Å². The number of halogens is 2. The third-order valence-corrected chi connectivity index (χ3v) is 4.87. The maximum atomic E-state index is 11.6. The van der Waals surface area contributed by atoms with E-state index in [-0.39, 0.29) is 0 Å². The van der Waals surface area contributed by atoms with Crippen molar-refractivity contribution in [2.45, 2.75) is 0 Å². The van der Waals surface area contributed by atoms with Gasteiger partial charge in [0, 0.05) is 26.2 Å². The fourth-order valence-electron chi connectivity index (χ4n) is 2.43. The molecule has 1 fully saturated rings. The molecule has 128 valence electrons. The summed E-state index contributed by atoms with van der Waals surface area (Å²) in [6.45, 7) is 2.64. The number of aromatic nitrogens is 3. The average Bonchev–Trinajstić information content (AvgIpc) is 2.56. The van der Waals surface area contributed by atoms with Gasteiger partial charge in [-0.1, -0.05) is 11.6 Å². The molecule has 10 heteroatoms. The average molecular weight is 416 g/mol. The molecule has 2 N–H and O–H groups in total. The van der Waals surface area contributed by atoms with Crippen LogP contribution in [0.1, 0.15) is 0 Å². The lowest BCUT2D eigenvalue weighted by molar-refractivity contribution is -0.118. The summed E-state index contributed by atoms with van der Waals surface area (Å²) in [5, 5.41) is 11.9. The Morgan fingerprint density at radius 3 is 2.71 bits per heavy atom. The van der Waals surface area contributed by atoms with E-state index in [9.17, 15) is 4.79 Å². The smallest absolute Gasteiger partial charge is 0.251 e. The fraction of sp³-hybridized carbons (Fsp3) is 0.429. The lowest BCUT2D eigenvalue weighted by atomic mass is 10.3. The zero-order valence-corrected chi connectivity index (χ0v) is 15.3. The molecule has 0 bridgehead atoms. The van der Waals surface area contributed by atoms with Crippen LogP contribution in [0.5, 0.6) is 0 Å². The normalized spacial score (nSPS) is 15.8. The van der Waals surface area contributed by atoms with Crippen LogP contribution in [0.4, 0.5) is 11.6 Å². The molecule has 3 rings (SSSR count). The van der Waals surface area contributed by atoms with Gasteiger partial charge in [-0.25, -0.2) is 15.0 Å². The number of carbonyl (C=O) groups is 1. The van der Waals surface area contributed by atoms with Gasteiger partial charge >= 0.3 is 0 Å². The van der Waals surface area contributed by atoms with E-state index in [0.717, 1.165) is 26.2 Å². The molecule has 0 radical (unpaired) electrons. The molecule has 8 nitrogen and oxygen atoms in total. The molecule has 1 aliphatic heterocycles. The summed E-state index contributed by atoms with van der Waals surface area (Å²) >= 11 is 9.34. The van der Waals surface area contributed by atoms with E-state index in [1.807, 2.05) is 4.90 Å². The lowest BCUT2D eigenvalue weighted by Crippen LogP contribution is -2.45. The van der Waals surface area contributed by atoms with Gasteiger partial charge in [0.25, 0.3) is 5.91 Å². The summed E-state index contributed by atoms with van der Waals surface area (Å²) < 4.78 is 0.595. The van der Waals surface area contributed by atoms with Gasteiger partial charge in [0.05, 0.1) is 4.47 Å². The third-order valence-electron chi connectivity index (χ3n) is 3.75. The molecule has 0 unspecified atom stereocenters. The SMILES string of the molecule is CN1CCN(c2nc3nc(Cl)c(Br)cc3nc2NC(=O)CO)CC1. The Balaban J connectivity index is 2.07. The van der Waals surface area contributed by atoms with E-state index in [1.54, 1.807) is 6.07 Å². The van der Waals surface area contributed by atoms with E-state index < -0.39 is 12.5 Å². The van der Waals surface area contributed by atoms with Gasteiger partial charge in [0.1, 0.15) is 17.3 Å². The van der Waals surface area contributed by atoms with Crippen LogP contribution in [0.3, 0.4) is 0 Å². The highest BCUT2D eigenvalue weighted by Gasteiger charge is 2.22. The minimum absolute atomic E-state index is 0.299. The van der Waals surface area contributed by atoms with Crippen LogP contribution in [0, 0.1) is 0 Å². The van der Waals surface area contributed by atoms with Crippen molar-refractivity contribution in [2.75, 3.05) is 50.1 Å². The van der Waals surface area contributed by atoms with Crippen molar-refractivity contribution >= 4 is 56.2 Å². The molecular weight excluding hydrogens is 400 g/mol. The minimum Gasteiger partial charge on any atom is -0.387 e. The molecule has 1 amide bonds. The van der Waals surface area contributed by atoms with E-state index in [2.05, 4.69) is 48.1 Å². The molecule has 0 spiro atoms. The highest BCUT2D eigenvalue weighted by Crippen LogP contribution is 2.29. The molecule has 1 aliphatic rings. The number of hydrogen-bond donors (Lipinski definition) is 2. The summed E-state index contributed by atoms with van der Waals surface area (Å²) in [6, 6.07) is 1.69. The number of piperazine rings is 1. The van der Waals surface area contributed by atoms with Gasteiger partial charge in [-0.2, -0.15) is 0 Å². The van der Waals surface area contributed by atoms with Gasteiger partial charge < -0.3 is 20.2 Å². The first kappa shape index (κ1) is 17.3. The number of hydrogen-bond acceptors (Lipinski definition) is 7. The molecule has 3 heterocycles. The Morgan fingerprint density at radius 1 is 1.33 bits per heavy atom. The highest BCUT2D eigenvalue weighted by molar-refractivity contribution is 9.10. The van der Waals surface area contributed by atoms with Crippen LogP contribution in [0.25, 0.3) is 11.2 Å². The topological polar surface area (TPSA) is 94.5 Å². The largest absolute Gasteiger partial charge is 0.387 e. The molecule has 2 aromatic heterocycles. The van der Waals surface area contributed by atoms with Crippen molar-refractivity contribution in [3.63, 3.8) is 0 Å². The van der Waals surface area contributed by atoms with Gasteiger partial charge in [-0.3, -0.25) is 4.79 Å². The van der Waals surface area contributed by atoms with Crippen molar-refractivity contribution in [2.24, 2.45) is 0 Å². The number of nitrogens with one attached hydrogen (secondary N) is 1.